The Labute approximate surface area is 268 Å². The van der Waals surface area contributed by atoms with E-state index in [0.29, 0.717) is 23.3 Å². The molecular formula is C33H34F4N4O4S. The van der Waals surface area contributed by atoms with Crippen molar-refractivity contribution in [2.45, 2.75) is 64.6 Å². The molecular weight excluding hydrogens is 624 g/mol. The second kappa shape index (κ2) is 16.3. The highest BCUT2D eigenvalue weighted by atomic mass is 32.1. The van der Waals surface area contributed by atoms with Crippen molar-refractivity contribution in [3.63, 3.8) is 0 Å². The number of nitrogens with two attached hydrogens (primary N) is 1. The zero-order valence-corrected chi connectivity index (χ0v) is 26.0. The lowest BCUT2D eigenvalue weighted by atomic mass is 9.99. The molecule has 0 aliphatic heterocycles. The van der Waals surface area contributed by atoms with Gasteiger partial charge in [0, 0.05) is 24.5 Å². The fourth-order valence-electron chi connectivity index (χ4n) is 4.70. The van der Waals surface area contributed by atoms with Crippen molar-refractivity contribution in [3.8, 4) is 11.3 Å². The number of amides is 1. The Balaban J connectivity index is 1.60. The van der Waals surface area contributed by atoms with E-state index < -0.39 is 35.7 Å². The van der Waals surface area contributed by atoms with Crippen molar-refractivity contribution in [3.05, 3.63) is 94.4 Å². The van der Waals surface area contributed by atoms with Crippen molar-refractivity contribution >= 4 is 34.2 Å². The Morgan fingerprint density at radius 3 is 2.39 bits per heavy atom. The molecule has 2 aromatic heterocycles. The average molecular weight is 659 g/mol. The monoisotopic (exact) mass is 658 g/mol. The Kier molecular flexibility index (Phi) is 12.2. The fraction of sp³-hybridized carbons (Fsp3) is 0.333. The van der Waals surface area contributed by atoms with E-state index in [1.807, 2.05) is 0 Å². The first-order valence-corrected chi connectivity index (χ1v) is 15.6. The number of rotatable bonds is 14. The molecule has 4 aromatic rings. The highest BCUT2D eigenvalue weighted by molar-refractivity contribution is 7.14. The van der Waals surface area contributed by atoms with Gasteiger partial charge in [0.15, 0.2) is 0 Å². The third kappa shape index (κ3) is 9.10. The van der Waals surface area contributed by atoms with E-state index in [2.05, 4.69) is 16.9 Å². The molecule has 2 aromatic carbocycles. The number of aryl methyl sites for hydroxylation is 1. The Morgan fingerprint density at radius 1 is 0.978 bits per heavy atom. The van der Waals surface area contributed by atoms with Gasteiger partial charge in [-0.05, 0) is 60.4 Å². The molecule has 2 heterocycles. The van der Waals surface area contributed by atoms with Crippen LogP contribution in [-0.4, -0.2) is 28.8 Å². The predicted molar refractivity (Wildman–Crippen MR) is 167 cm³/mol. The Morgan fingerprint density at radius 2 is 1.72 bits per heavy atom. The van der Waals surface area contributed by atoms with Crippen LogP contribution >= 0.6 is 11.3 Å². The molecule has 244 valence electrons. The normalized spacial score (nSPS) is 11.3. The summed E-state index contributed by atoms with van der Waals surface area (Å²) in [5, 5.41) is -1.08. The van der Waals surface area contributed by atoms with E-state index >= 15 is 4.39 Å². The summed E-state index contributed by atoms with van der Waals surface area (Å²) in [7, 11) is 0. The van der Waals surface area contributed by atoms with Gasteiger partial charge in [-0.3, -0.25) is 4.98 Å². The summed E-state index contributed by atoms with van der Waals surface area (Å²) in [6.45, 7) is 1.50. The molecule has 13 heteroatoms. The van der Waals surface area contributed by atoms with Crippen LogP contribution in [0.5, 0.6) is 0 Å². The number of nitrogens with zero attached hydrogens (tertiary/aromatic N) is 3. The number of benzene rings is 2. The van der Waals surface area contributed by atoms with E-state index in [4.69, 9.17) is 15.2 Å². The fourth-order valence-corrected chi connectivity index (χ4v) is 5.53. The zero-order chi connectivity index (χ0) is 33.1. The number of ether oxygens (including phenoxy) is 2. The number of halogens is 4. The number of carbonyl (C=O) groups is 2. The molecule has 0 saturated carbocycles. The van der Waals surface area contributed by atoms with Gasteiger partial charge in [0.25, 0.3) is 0 Å². The van der Waals surface area contributed by atoms with Crippen LogP contribution in [0.3, 0.4) is 0 Å². The van der Waals surface area contributed by atoms with Crippen molar-refractivity contribution in [2.75, 3.05) is 11.7 Å². The first kappa shape index (κ1) is 34.5. The molecule has 0 aliphatic carbocycles. The summed E-state index contributed by atoms with van der Waals surface area (Å²) in [6.07, 6.45) is 2.57. The summed E-state index contributed by atoms with van der Waals surface area (Å²) in [5.41, 5.74) is 5.59. The van der Waals surface area contributed by atoms with Gasteiger partial charge in [-0.2, -0.15) is 17.6 Å². The van der Waals surface area contributed by atoms with Gasteiger partial charge in [0.2, 0.25) is 17.1 Å². The van der Waals surface area contributed by atoms with E-state index in [9.17, 15) is 22.8 Å². The van der Waals surface area contributed by atoms with Gasteiger partial charge in [-0.15, -0.1) is 0 Å². The van der Waals surface area contributed by atoms with Crippen LogP contribution < -0.4 is 10.6 Å². The maximum Gasteiger partial charge on any atom is 0.423 e. The first-order chi connectivity index (χ1) is 22.1. The Bertz CT molecular complexity index is 1600. The Hall–Kier alpha value is -4.36. The van der Waals surface area contributed by atoms with Crippen LogP contribution in [-0.2, 0) is 28.6 Å². The van der Waals surface area contributed by atoms with Crippen molar-refractivity contribution in [2.24, 2.45) is 5.73 Å². The van der Waals surface area contributed by atoms with Crippen LogP contribution in [0.1, 0.15) is 72.5 Å². The molecule has 4 rings (SSSR count). The SMILES string of the molecule is CCCCCCCCc1ccc(N(C(=O)OCOC(=O)c2ccc(CN)cc2)c2nc(-c3cccnc3)c(F)s2)cc1C(F)(F)F. The van der Waals surface area contributed by atoms with Gasteiger partial charge < -0.3 is 15.2 Å². The molecule has 0 unspecified atom stereocenters. The highest BCUT2D eigenvalue weighted by Gasteiger charge is 2.35. The van der Waals surface area contributed by atoms with Crippen molar-refractivity contribution in [1.82, 2.24) is 9.97 Å². The zero-order valence-electron chi connectivity index (χ0n) is 25.2. The number of anilines is 2. The summed E-state index contributed by atoms with van der Waals surface area (Å²) in [4.78, 5) is 34.7. The third-order valence-electron chi connectivity index (χ3n) is 7.14. The number of esters is 1. The topological polar surface area (TPSA) is 108 Å². The second-order valence-electron chi connectivity index (χ2n) is 10.4. The van der Waals surface area contributed by atoms with Crippen LogP contribution in [0.15, 0.2) is 67.0 Å². The number of aromatic nitrogens is 2. The van der Waals surface area contributed by atoms with Crippen LogP contribution in [0.4, 0.5) is 33.2 Å². The number of hydrogen-bond donors (Lipinski definition) is 1. The number of pyridine rings is 1. The molecule has 0 atom stereocenters. The standard InChI is InChI=1S/C33H34F4N4O4S/c1-2-3-4-5-6-7-9-23-15-16-26(18-27(23)33(35,36)37)41(31-40-28(29(34)46-31)25-10-8-17-39-20-25)32(43)45-21-44-30(42)24-13-11-22(19-38)12-14-24/h8,10-18,20H,2-7,9,19,21,38H2,1H3. The average Bonchev–Trinajstić information content (AvgIpc) is 3.43. The number of carbonyl (C=O) groups excluding carboxylic acids is 2. The molecule has 2 N–H and O–H groups in total. The molecule has 0 radical (unpaired) electrons. The summed E-state index contributed by atoms with van der Waals surface area (Å²) in [5.74, 6) is -0.805. The summed E-state index contributed by atoms with van der Waals surface area (Å²) >= 11 is 0.442. The van der Waals surface area contributed by atoms with Gasteiger partial charge in [0.1, 0.15) is 5.69 Å². The van der Waals surface area contributed by atoms with E-state index in [1.54, 1.807) is 24.3 Å². The third-order valence-corrected chi connectivity index (χ3v) is 7.97. The maximum atomic E-state index is 15.1. The molecule has 1 amide bonds. The lowest BCUT2D eigenvalue weighted by molar-refractivity contribution is -0.138. The quantitative estimate of drug-likeness (QED) is 0.0624. The summed E-state index contributed by atoms with van der Waals surface area (Å²) in [6, 6.07) is 12.8. The summed E-state index contributed by atoms with van der Waals surface area (Å²) < 4.78 is 68.2. The van der Waals surface area contributed by atoms with Crippen molar-refractivity contribution < 1.29 is 36.6 Å². The second-order valence-corrected chi connectivity index (χ2v) is 11.3. The highest BCUT2D eigenvalue weighted by Crippen LogP contribution is 2.40. The smallest absolute Gasteiger partial charge is 0.423 e. The minimum Gasteiger partial charge on any atom is -0.424 e. The molecule has 0 spiro atoms. The van der Waals surface area contributed by atoms with E-state index in [0.717, 1.165) is 48.6 Å². The maximum absolute atomic E-state index is 15.1. The number of thiazole rings is 1. The van der Waals surface area contributed by atoms with Crippen molar-refractivity contribution in [1.29, 1.82) is 0 Å². The van der Waals surface area contributed by atoms with Crippen LogP contribution in [0, 0.1) is 5.13 Å². The van der Waals surface area contributed by atoms with Gasteiger partial charge in [-0.1, -0.05) is 68.6 Å². The number of unbranched alkanes of at least 4 members (excludes halogenated alkanes) is 5. The van der Waals surface area contributed by atoms with Gasteiger partial charge in [0.05, 0.1) is 16.8 Å². The minimum absolute atomic E-state index is 0.0796. The van der Waals surface area contributed by atoms with Crippen LogP contribution in [0.25, 0.3) is 11.3 Å². The van der Waals surface area contributed by atoms with Gasteiger partial charge in [-0.25, -0.2) is 19.5 Å². The largest absolute Gasteiger partial charge is 0.424 e. The van der Waals surface area contributed by atoms with E-state index in [-0.39, 0.29) is 40.6 Å². The molecule has 46 heavy (non-hydrogen) atoms. The molecule has 0 aliphatic rings. The lowest BCUT2D eigenvalue weighted by Crippen LogP contribution is -2.28. The molecule has 0 fully saturated rings. The first-order valence-electron chi connectivity index (χ1n) is 14.8. The van der Waals surface area contributed by atoms with E-state index in [1.165, 1.54) is 36.7 Å². The predicted octanol–water partition coefficient (Wildman–Crippen LogP) is 8.81. The lowest BCUT2D eigenvalue weighted by Gasteiger charge is -2.22. The molecule has 0 saturated heterocycles. The molecule has 0 bridgehead atoms. The minimum atomic E-state index is -4.73. The number of alkyl halides is 3. The van der Waals surface area contributed by atoms with Gasteiger partial charge >= 0.3 is 18.2 Å². The number of hydrogen-bond acceptors (Lipinski definition) is 8. The molecule has 8 nitrogen and oxygen atoms in total. The van der Waals surface area contributed by atoms with Crippen LogP contribution in [0.2, 0.25) is 0 Å².